The molecule has 0 radical (unpaired) electrons. The molecule has 10 heteroatoms. The van der Waals surface area contributed by atoms with Gasteiger partial charge in [0.25, 0.3) is 5.91 Å². The molecule has 5 rings (SSSR count). The van der Waals surface area contributed by atoms with Crippen LogP contribution in [0.25, 0.3) is 17.4 Å². The SMILES string of the molecule is N=C1C(=Cc2ccc(-c3cccc(Cl)c3)o2)C(=O)N=C2SC(CC(=O)N3CCCC3)=NN12. The summed E-state index contributed by atoms with van der Waals surface area (Å²) in [6.07, 6.45) is 3.65. The van der Waals surface area contributed by atoms with Gasteiger partial charge in [0.15, 0.2) is 5.84 Å². The number of fused-ring (bicyclic) bond motifs is 1. The van der Waals surface area contributed by atoms with Gasteiger partial charge in [-0.3, -0.25) is 15.0 Å². The Morgan fingerprint density at radius 1 is 1.25 bits per heavy atom. The second kappa shape index (κ2) is 8.40. The first-order chi connectivity index (χ1) is 15.5. The number of carbonyl (C=O) groups is 2. The monoisotopic (exact) mass is 467 g/mol. The summed E-state index contributed by atoms with van der Waals surface area (Å²) in [7, 11) is 0. The van der Waals surface area contributed by atoms with E-state index in [2.05, 4.69) is 10.1 Å². The predicted molar refractivity (Wildman–Crippen MR) is 125 cm³/mol. The number of aliphatic imine (C=N–C) groups is 1. The van der Waals surface area contributed by atoms with Gasteiger partial charge in [0, 0.05) is 23.7 Å². The average molecular weight is 468 g/mol. The molecule has 2 amide bonds. The molecule has 0 atom stereocenters. The van der Waals surface area contributed by atoms with Crippen molar-refractivity contribution in [1.29, 1.82) is 5.41 Å². The molecular formula is C22H18ClN5O3S. The highest BCUT2D eigenvalue weighted by Crippen LogP contribution is 2.31. The highest BCUT2D eigenvalue weighted by molar-refractivity contribution is 8.27. The molecule has 1 aromatic carbocycles. The molecule has 2 aromatic rings. The van der Waals surface area contributed by atoms with Gasteiger partial charge in [-0.1, -0.05) is 23.7 Å². The van der Waals surface area contributed by atoms with E-state index in [1.165, 1.54) is 11.1 Å². The van der Waals surface area contributed by atoms with Gasteiger partial charge in [-0.05, 0) is 54.9 Å². The second-order valence-electron chi connectivity index (χ2n) is 7.49. The molecular weight excluding hydrogens is 450 g/mol. The lowest BCUT2D eigenvalue weighted by atomic mass is 10.1. The number of nitrogens with one attached hydrogen (secondary N) is 1. The standard InChI is InChI=1S/C22H18ClN5O3S/c23-14-5-3-4-13(10-14)17-7-6-15(31-17)11-16-20(24)28-22(25-21(16)30)32-18(26-28)12-19(29)27-8-1-2-9-27/h3-7,10-11,24H,1-2,8-9,12H2. The molecule has 0 saturated carbocycles. The molecule has 1 fully saturated rings. The minimum Gasteiger partial charge on any atom is -0.457 e. The van der Waals surface area contributed by atoms with Crippen molar-refractivity contribution in [2.24, 2.45) is 10.1 Å². The number of amidine groups is 2. The molecule has 0 spiro atoms. The minimum absolute atomic E-state index is 0.00644. The largest absolute Gasteiger partial charge is 0.457 e. The van der Waals surface area contributed by atoms with Crippen LogP contribution in [0.3, 0.4) is 0 Å². The molecule has 3 aliphatic heterocycles. The highest BCUT2D eigenvalue weighted by Gasteiger charge is 2.36. The quantitative estimate of drug-likeness (QED) is 0.678. The number of hydrazone groups is 1. The van der Waals surface area contributed by atoms with Crippen molar-refractivity contribution in [2.45, 2.75) is 19.3 Å². The number of thioether (sulfide) groups is 1. The number of furan rings is 1. The number of nitrogens with zero attached hydrogens (tertiary/aromatic N) is 4. The van der Waals surface area contributed by atoms with Crippen LogP contribution in [0.4, 0.5) is 0 Å². The van der Waals surface area contributed by atoms with Gasteiger partial charge >= 0.3 is 0 Å². The van der Waals surface area contributed by atoms with Crippen molar-refractivity contribution in [2.75, 3.05) is 13.1 Å². The van der Waals surface area contributed by atoms with Crippen LogP contribution in [-0.4, -0.2) is 50.9 Å². The van der Waals surface area contributed by atoms with E-state index in [4.69, 9.17) is 21.4 Å². The van der Waals surface area contributed by atoms with Crippen molar-refractivity contribution in [3.63, 3.8) is 0 Å². The lowest BCUT2D eigenvalue weighted by Crippen LogP contribution is -2.35. The summed E-state index contributed by atoms with van der Waals surface area (Å²) in [5.74, 6) is 0.364. The van der Waals surface area contributed by atoms with Crippen LogP contribution in [0.1, 0.15) is 25.0 Å². The Balaban J connectivity index is 1.35. The molecule has 32 heavy (non-hydrogen) atoms. The molecule has 0 unspecified atom stereocenters. The summed E-state index contributed by atoms with van der Waals surface area (Å²) in [5.41, 5.74) is 0.873. The van der Waals surface area contributed by atoms with E-state index in [0.29, 0.717) is 26.8 Å². The molecule has 0 bridgehead atoms. The minimum atomic E-state index is -0.545. The summed E-state index contributed by atoms with van der Waals surface area (Å²) in [4.78, 5) is 30.9. The van der Waals surface area contributed by atoms with Gasteiger partial charge in [-0.25, -0.2) is 0 Å². The van der Waals surface area contributed by atoms with Crippen molar-refractivity contribution in [3.8, 4) is 11.3 Å². The maximum atomic E-state index is 12.6. The van der Waals surface area contributed by atoms with Crippen LogP contribution in [0.5, 0.6) is 0 Å². The van der Waals surface area contributed by atoms with Crippen LogP contribution in [0.15, 0.2) is 56.5 Å². The zero-order valence-corrected chi connectivity index (χ0v) is 18.4. The summed E-state index contributed by atoms with van der Waals surface area (Å²) >= 11 is 7.20. The number of amides is 2. The van der Waals surface area contributed by atoms with Crippen LogP contribution in [0.2, 0.25) is 5.02 Å². The highest BCUT2D eigenvalue weighted by atomic mass is 35.5. The van der Waals surface area contributed by atoms with Gasteiger partial charge in [-0.2, -0.15) is 15.1 Å². The fourth-order valence-corrected chi connectivity index (χ4v) is 4.75. The van der Waals surface area contributed by atoms with Gasteiger partial charge in [0.2, 0.25) is 11.1 Å². The number of carbonyl (C=O) groups excluding carboxylic acids is 2. The molecule has 1 saturated heterocycles. The van der Waals surface area contributed by atoms with Gasteiger partial charge in [0.1, 0.15) is 16.6 Å². The Kier molecular flexibility index (Phi) is 5.44. The first kappa shape index (κ1) is 20.7. The third-order valence-corrected chi connectivity index (χ3v) is 6.42. The predicted octanol–water partition coefficient (Wildman–Crippen LogP) is 4.23. The summed E-state index contributed by atoms with van der Waals surface area (Å²) in [6.45, 7) is 1.53. The third-order valence-electron chi connectivity index (χ3n) is 5.28. The van der Waals surface area contributed by atoms with Gasteiger partial charge in [-0.15, -0.1) is 0 Å². The molecule has 162 valence electrons. The number of likely N-dealkylation sites (tertiary alicyclic amines) is 1. The number of hydrogen-bond acceptors (Lipinski definition) is 6. The Morgan fingerprint density at radius 3 is 2.84 bits per heavy atom. The molecule has 0 aliphatic carbocycles. The Morgan fingerprint density at radius 2 is 2.06 bits per heavy atom. The lowest BCUT2D eigenvalue weighted by Gasteiger charge is -2.19. The van der Waals surface area contributed by atoms with E-state index in [1.807, 2.05) is 17.0 Å². The van der Waals surface area contributed by atoms with E-state index in [9.17, 15) is 9.59 Å². The molecule has 1 aromatic heterocycles. The van der Waals surface area contributed by atoms with Gasteiger partial charge < -0.3 is 9.32 Å². The zero-order valence-electron chi connectivity index (χ0n) is 16.9. The number of benzene rings is 1. The Hall–Kier alpha value is -3.17. The normalized spacial score (nSPS) is 19.5. The second-order valence-corrected chi connectivity index (χ2v) is 8.97. The van der Waals surface area contributed by atoms with Crippen LogP contribution in [-0.2, 0) is 9.59 Å². The third kappa shape index (κ3) is 4.01. The zero-order chi connectivity index (χ0) is 22.2. The smallest absolute Gasteiger partial charge is 0.283 e. The number of rotatable bonds is 4. The Bertz CT molecular complexity index is 1230. The maximum absolute atomic E-state index is 12.6. The van der Waals surface area contributed by atoms with E-state index in [1.54, 1.807) is 24.3 Å². The van der Waals surface area contributed by atoms with Gasteiger partial charge in [0.05, 0.1) is 12.0 Å². The van der Waals surface area contributed by atoms with E-state index < -0.39 is 5.91 Å². The summed E-state index contributed by atoms with van der Waals surface area (Å²) in [6, 6.07) is 10.7. The summed E-state index contributed by atoms with van der Waals surface area (Å²) in [5, 5.41) is 15.5. The first-order valence-corrected chi connectivity index (χ1v) is 11.3. The first-order valence-electron chi connectivity index (χ1n) is 10.1. The Labute approximate surface area is 193 Å². The van der Waals surface area contributed by atoms with Crippen LogP contribution in [0, 0.1) is 5.41 Å². The van der Waals surface area contributed by atoms with Crippen molar-refractivity contribution in [1.82, 2.24) is 9.91 Å². The van der Waals surface area contributed by atoms with Crippen LogP contribution < -0.4 is 0 Å². The fourth-order valence-electron chi connectivity index (χ4n) is 3.68. The molecule has 1 N–H and O–H groups in total. The number of halogens is 1. The maximum Gasteiger partial charge on any atom is 0.283 e. The van der Waals surface area contributed by atoms with E-state index in [0.717, 1.165) is 43.3 Å². The van der Waals surface area contributed by atoms with E-state index in [-0.39, 0.29) is 23.7 Å². The molecule has 4 heterocycles. The molecule has 3 aliphatic rings. The van der Waals surface area contributed by atoms with E-state index >= 15 is 0 Å². The fraction of sp³-hybridized carbons (Fsp3) is 0.227. The summed E-state index contributed by atoms with van der Waals surface area (Å²) < 4.78 is 5.82. The van der Waals surface area contributed by atoms with Crippen molar-refractivity contribution < 1.29 is 14.0 Å². The topological polar surface area (TPSA) is 102 Å². The van der Waals surface area contributed by atoms with Crippen molar-refractivity contribution >= 4 is 57.3 Å². The lowest BCUT2D eigenvalue weighted by molar-refractivity contribution is -0.128. The number of hydrogen-bond donors (Lipinski definition) is 1. The molecule has 8 nitrogen and oxygen atoms in total. The average Bonchev–Trinajstić information content (AvgIpc) is 3.52. The van der Waals surface area contributed by atoms with Crippen molar-refractivity contribution in [3.05, 3.63) is 52.8 Å². The van der Waals surface area contributed by atoms with Crippen LogP contribution >= 0.6 is 23.4 Å².